The van der Waals surface area contributed by atoms with Crippen LogP contribution in [-0.2, 0) is 13.9 Å². The maximum absolute atomic E-state index is 12.4. The third-order valence-corrected chi connectivity index (χ3v) is 4.73. The fourth-order valence-electron chi connectivity index (χ4n) is 1.29. The summed E-state index contributed by atoms with van der Waals surface area (Å²) >= 11 is 0. The van der Waals surface area contributed by atoms with Crippen LogP contribution in [0.5, 0.6) is 0 Å². The number of benzene rings is 1. The summed E-state index contributed by atoms with van der Waals surface area (Å²) < 4.78 is 17.3. The third kappa shape index (κ3) is 2.36. The zero-order valence-electron chi connectivity index (χ0n) is 9.14. The summed E-state index contributed by atoms with van der Waals surface area (Å²) in [7, 11) is -2.03. The SMILES string of the molecule is COP(=O)(C(=O)C(C)C)c1ccccc1. The Balaban J connectivity index is 3.18. The minimum atomic E-state index is -3.34. The Morgan fingerprint density at radius 3 is 2.20 bits per heavy atom. The monoisotopic (exact) mass is 226 g/mol. The van der Waals surface area contributed by atoms with Crippen LogP contribution in [0.25, 0.3) is 0 Å². The van der Waals surface area contributed by atoms with Gasteiger partial charge in [-0.2, -0.15) is 0 Å². The summed E-state index contributed by atoms with van der Waals surface area (Å²) in [6.07, 6.45) is 0. The molecule has 0 saturated carbocycles. The number of carbonyl (C=O) groups is 1. The fourth-order valence-corrected chi connectivity index (χ4v) is 3.18. The lowest BCUT2D eigenvalue weighted by atomic mass is 10.3. The summed E-state index contributed by atoms with van der Waals surface area (Å²) in [4.78, 5) is 11.8. The highest BCUT2D eigenvalue weighted by molar-refractivity contribution is 7.82. The van der Waals surface area contributed by atoms with E-state index in [0.29, 0.717) is 5.30 Å². The number of carbonyl (C=O) groups excluding carboxylic acids is 1. The molecule has 0 aliphatic carbocycles. The van der Waals surface area contributed by atoms with Crippen molar-refractivity contribution in [1.82, 2.24) is 0 Å². The van der Waals surface area contributed by atoms with E-state index in [1.807, 2.05) is 6.07 Å². The summed E-state index contributed by atoms with van der Waals surface area (Å²) in [5.41, 5.74) is -0.337. The molecule has 0 spiro atoms. The van der Waals surface area contributed by atoms with Gasteiger partial charge in [0.25, 0.3) is 7.37 Å². The van der Waals surface area contributed by atoms with Gasteiger partial charge in [0.2, 0.25) is 5.52 Å². The molecule has 1 rings (SSSR count). The van der Waals surface area contributed by atoms with E-state index in [4.69, 9.17) is 4.52 Å². The van der Waals surface area contributed by atoms with Crippen molar-refractivity contribution in [2.45, 2.75) is 13.8 Å². The predicted octanol–water partition coefficient (Wildman–Crippen LogP) is 2.42. The maximum Gasteiger partial charge on any atom is 0.295 e. The molecule has 15 heavy (non-hydrogen) atoms. The molecule has 0 aromatic heterocycles. The van der Waals surface area contributed by atoms with Crippen molar-refractivity contribution in [3.63, 3.8) is 0 Å². The molecular weight excluding hydrogens is 211 g/mol. The third-order valence-electron chi connectivity index (χ3n) is 2.14. The van der Waals surface area contributed by atoms with Crippen molar-refractivity contribution in [3.05, 3.63) is 30.3 Å². The highest BCUT2D eigenvalue weighted by Gasteiger charge is 2.35. The van der Waals surface area contributed by atoms with Gasteiger partial charge >= 0.3 is 0 Å². The van der Waals surface area contributed by atoms with Crippen molar-refractivity contribution in [2.24, 2.45) is 5.92 Å². The van der Waals surface area contributed by atoms with Crippen LogP contribution in [0.4, 0.5) is 0 Å². The van der Waals surface area contributed by atoms with Crippen LogP contribution in [0.2, 0.25) is 0 Å². The molecule has 0 bridgehead atoms. The molecule has 0 amide bonds. The standard InChI is InChI=1S/C11H15O3P/c1-9(2)11(12)15(13,14-3)10-7-5-4-6-8-10/h4-9H,1-3H3. The van der Waals surface area contributed by atoms with E-state index in [-0.39, 0.29) is 11.4 Å². The molecule has 0 aliphatic rings. The normalized spacial score (nSPS) is 14.9. The van der Waals surface area contributed by atoms with Gasteiger partial charge in [-0.05, 0) is 12.1 Å². The van der Waals surface area contributed by atoms with E-state index in [9.17, 15) is 9.36 Å². The average Bonchev–Trinajstić information content (AvgIpc) is 2.28. The van der Waals surface area contributed by atoms with Crippen LogP contribution < -0.4 is 5.30 Å². The quantitative estimate of drug-likeness (QED) is 0.740. The molecule has 1 aromatic rings. The van der Waals surface area contributed by atoms with Gasteiger partial charge in [0, 0.05) is 18.3 Å². The second-order valence-electron chi connectivity index (χ2n) is 3.56. The Bertz CT molecular complexity index is 384. The van der Waals surface area contributed by atoms with E-state index in [0.717, 1.165) is 0 Å². The van der Waals surface area contributed by atoms with Gasteiger partial charge in [-0.25, -0.2) is 0 Å². The first-order valence-corrected chi connectivity index (χ1v) is 6.40. The molecule has 1 unspecified atom stereocenters. The van der Waals surface area contributed by atoms with Gasteiger partial charge in [-0.3, -0.25) is 9.36 Å². The van der Waals surface area contributed by atoms with Gasteiger partial charge in [0.15, 0.2) is 0 Å². The van der Waals surface area contributed by atoms with Crippen LogP contribution in [0.15, 0.2) is 30.3 Å². The van der Waals surface area contributed by atoms with Gasteiger partial charge in [0.1, 0.15) is 0 Å². The molecule has 1 aromatic carbocycles. The van der Waals surface area contributed by atoms with E-state index in [1.54, 1.807) is 38.1 Å². The minimum absolute atomic E-state index is 0.295. The lowest BCUT2D eigenvalue weighted by Crippen LogP contribution is -2.18. The molecule has 1 atom stereocenters. The van der Waals surface area contributed by atoms with E-state index < -0.39 is 7.37 Å². The highest BCUT2D eigenvalue weighted by Crippen LogP contribution is 2.47. The van der Waals surface area contributed by atoms with Crippen LogP contribution in [-0.4, -0.2) is 12.6 Å². The largest absolute Gasteiger partial charge is 0.323 e. The Morgan fingerprint density at radius 1 is 1.27 bits per heavy atom. The average molecular weight is 226 g/mol. The Morgan fingerprint density at radius 2 is 1.80 bits per heavy atom. The van der Waals surface area contributed by atoms with Crippen molar-refractivity contribution in [3.8, 4) is 0 Å². The zero-order chi connectivity index (χ0) is 11.5. The molecule has 0 N–H and O–H groups in total. The molecule has 0 fully saturated rings. The Kier molecular flexibility index (Phi) is 3.83. The first-order valence-electron chi connectivity index (χ1n) is 4.78. The summed E-state index contributed by atoms with van der Waals surface area (Å²) in [5.74, 6) is -0.295. The second-order valence-corrected chi connectivity index (χ2v) is 5.99. The first-order chi connectivity index (χ1) is 7.02. The van der Waals surface area contributed by atoms with Crippen molar-refractivity contribution < 1.29 is 13.9 Å². The smallest absolute Gasteiger partial charge is 0.295 e. The van der Waals surface area contributed by atoms with E-state index in [2.05, 4.69) is 0 Å². The molecule has 4 heteroatoms. The molecule has 0 saturated heterocycles. The van der Waals surface area contributed by atoms with Crippen LogP contribution >= 0.6 is 7.37 Å². The van der Waals surface area contributed by atoms with Crippen LogP contribution in [0.1, 0.15) is 13.8 Å². The maximum atomic E-state index is 12.4. The highest BCUT2D eigenvalue weighted by atomic mass is 31.2. The number of rotatable bonds is 4. The van der Waals surface area contributed by atoms with Crippen molar-refractivity contribution >= 4 is 18.2 Å². The summed E-state index contributed by atoms with van der Waals surface area (Å²) in [6, 6.07) is 8.61. The zero-order valence-corrected chi connectivity index (χ0v) is 10.0. The van der Waals surface area contributed by atoms with Gasteiger partial charge in [0.05, 0.1) is 0 Å². The van der Waals surface area contributed by atoms with E-state index >= 15 is 0 Å². The molecule has 0 aliphatic heterocycles. The number of hydrogen-bond donors (Lipinski definition) is 0. The van der Waals surface area contributed by atoms with Crippen LogP contribution in [0.3, 0.4) is 0 Å². The van der Waals surface area contributed by atoms with Gasteiger partial charge < -0.3 is 4.52 Å². The predicted molar refractivity (Wildman–Crippen MR) is 60.5 cm³/mol. The summed E-state index contributed by atoms with van der Waals surface area (Å²) in [5, 5.41) is 0.464. The molecule has 82 valence electrons. The van der Waals surface area contributed by atoms with Crippen molar-refractivity contribution in [1.29, 1.82) is 0 Å². The van der Waals surface area contributed by atoms with Crippen LogP contribution in [0, 0.1) is 5.92 Å². The second kappa shape index (κ2) is 4.73. The Hall–Kier alpha value is -0.920. The molecular formula is C11H15O3P. The molecule has 0 heterocycles. The van der Waals surface area contributed by atoms with Gasteiger partial charge in [-0.1, -0.05) is 32.0 Å². The minimum Gasteiger partial charge on any atom is -0.323 e. The molecule has 3 nitrogen and oxygen atoms in total. The Labute approximate surface area is 89.9 Å². The lowest BCUT2D eigenvalue weighted by Gasteiger charge is -2.16. The fraction of sp³-hybridized carbons (Fsp3) is 0.364. The molecule has 0 radical (unpaired) electrons. The lowest BCUT2D eigenvalue weighted by molar-refractivity contribution is -0.115. The first kappa shape index (κ1) is 12.2. The topological polar surface area (TPSA) is 43.4 Å². The van der Waals surface area contributed by atoms with E-state index in [1.165, 1.54) is 7.11 Å². The van der Waals surface area contributed by atoms with Gasteiger partial charge in [-0.15, -0.1) is 0 Å². The summed E-state index contributed by atoms with van der Waals surface area (Å²) in [6.45, 7) is 3.44. The number of hydrogen-bond acceptors (Lipinski definition) is 3. The van der Waals surface area contributed by atoms with Crippen molar-refractivity contribution in [2.75, 3.05) is 7.11 Å².